The van der Waals surface area contributed by atoms with Crippen LogP contribution in [0.15, 0.2) is 71.0 Å². The summed E-state index contributed by atoms with van der Waals surface area (Å²) in [6, 6.07) is 18.5. The van der Waals surface area contributed by atoms with Gasteiger partial charge in [-0.25, -0.2) is 4.98 Å². The molecule has 0 radical (unpaired) electrons. The molecule has 0 saturated heterocycles. The molecule has 0 saturated carbocycles. The van der Waals surface area contributed by atoms with Crippen molar-refractivity contribution in [2.75, 3.05) is 0 Å². The lowest BCUT2D eigenvalue weighted by Gasteiger charge is -2.03. The van der Waals surface area contributed by atoms with Crippen molar-refractivity contribution in [1.82, 2.24) is 9.38 Å². The molecule has 134 valence electrons. The number of aryl methyl sites for hydroxylation is 3. The molecular formula is C23H22N4. The second-order valence-electron chi connectivity index (χ2n) is 6.95. The zero-order chi connectivity index (χ0) is 19.0. The van der Waals surface area contributed by atoms with E-state index in [1.807, 2.05) is 28.8 Å². The molecule has 4 heteroatoms. The Hall–Kier alpha value is -3.27. The van der Waals surface area contributed by atoms with Crippen molar-refractivity contribution in [2.45, 2.75) is 27.7 Å². The molecule has 0 amide bonds. The fraction of sp³-hybridized carbons (Fsp3) is 0.174. The highest BCUT2D eigenvalue weighted by molar-refractivity contribution is 5.75. The fourth-order valence-electron chi connectivity index (χ4n) is 3.14. The Labute approximate surface area is 159 Å². The molecule has 27 heavy (non-hydrogen) atoms. The van der Waals surface area contributed by atoms with E-state index in [-0.39, 0.29) is 0 Å². The number of rotatable bonds is 3. The van der Waals surface area contributed by atoms with Gasteiger partial charge < -0.3 is 0 Å². The number of azo groups is 1. The Morgan fingerprint density at radius 2 is 1.52 bits per heavy atom. The molecule has 0 spiro atoms. The molecule has 2 heterocycles. The van der Waals surface area contributed by atoms with Gasteiger partial charge in [0.25, 0.3) is 0 Å². The van der Waals surface area contributed by atoms with E-state index in [0.29, 0.717) is 0 Å². The van der Waals surface area contributed by atoms with E-state index >= 15 is 0 Å². The van der Waals surface area contributed by atoms with Gasteiger partial charge in [0.1, 0.15) is 11.3 Å². The van der Waals surface area contributed by atoms with Crippen molar-refractivity contribution in [3.05, 3.63) is 83.0 Å². The van der Waals surface area contributed by atoms with Crippen LogP contribution >= 0.6 is 0 Å². The zero-order valence-corrected chi connectivity index (χ0v) is 16.1. The molecule has 2 aromatic heterocycles. The molecule has 0 aliphatic rings. The predicted octanol–water partition coefficient (Wildman–Crippen LogP) is 6.65. The van der Waals surface area contributed by atoms with Crippen molar-refractivity contribution in [3.8, 4) is 11.3 Å². The Balaban J connectivity index is 1.91. The molecule has 0 fully saturated rings. The Bertz CT molecular complexity index is 1150. The van der Waals surface area contributed by atoms with Gasteiger partial charge in [0.15, 0.2) is 5.82 Å². The second kappa shape index (κ2) is 6.80. The van der Waals surface area contributed by atoms with E-state index in [2.05, 4.69) is 74.3 Å². The van der Waals surface area contributed by atoms with Gasteiger partial charge in [-0.2, -0.15) is 0 Å². The lowest BCUT2D eigenvalue weighted by molar-refractivity contribution is 1.09. The summed E-state index contributed by atoms with van der Waals surface area (Å²) in [5.41, 5.74) is 8.35. The van der Waals surface area contributed by atoms with E-state index in [4.69, 9.17) is 4.98 Å². The lowest BCUT2D eigenvalue weighted by Crippen LogP contribution is -1.85. The average molecular weight is 354 g/mol. The summed E-state index contributed by atoms with van der Waals surface area (Å²) in [5, 5.41) is 9.19. The molecule has 4 rings (SSSR count). The maximum Gasteiger partial charge on any atom is 0.187 e. The SMILES string of the molecule is Cc1ccc(-c2nc3c(C)cccn3c2N=Nc2cccc(C)c2C)cc1. The summed E-state index contributed by atoms with van der Waals surface area (Å²) >= 11 is 0. The Morgan fingerprint density at radius 3 is 2.30 bits per heavy atom. The lowest BCUT2D eigenvalue weighted by atomic mass is 10.1. The summed E-state index contributed by atoms with van der Waals surface area (Å²) < 4.78 is 2.01. The maximum absolute atomic E-state index is 4.87. The average Bonchev–Trinajstić information content (AvgIpc) is 3.04. The molecule has 4 nitrogen and oxygen atoms in total. The smallest absolute Gasteiger partial charge is 0.187 e. The van der Waals surface area contributed by atoms with Crippen LogP contribution in [0.2, 0.25) is 0 Å². The van der Waals surface area contributed by atoms with E-state index in [1.165, 1.54) is 11.1 Å². The third kappa shape index (κ3) is 3.14. The van der Waals surface area contributed by atoms with Crippen molar-refractivity contribution >= 4 is 17.2 Å². The second-order valence-corrected chi connectivity index (χ2v) is 6.95. The zero-order valence-electron chi connectivity index (χ0n) is 16.1. The first-order valence-electron chi connectivity index (χ1n) is 9.07. The number of aromatic nitrogens is 2. The van der Waals surface area contributed by atoms with Gasteiger partial charge in [0, 0.05) is 11.8 Å². The van der Waals surface area contributed by atoms with Gasteiger partial charge in [-0.15, -0.1) is 10.2 Å². The predicted molar refractivity (Wildman–Crippen MR) is 110 cm³/mol. The van der Waals surface area contributed by atoms with Crippen LogP contribution in [0.3, 0.4) is 0 Å². The summed E-state index contributed by atoms with van der Waals surface area (Å²) in [7, 11) is 0. The minimum absolute atomic E-state index is 0.749. The van der Waals surface area contributed by atoms with Crippen molar-refractivity contribution in [1.29, 1.82) is 0 Å². The van der Waals surface area contributed by atoms with Crippen molar-refractivity contribution in [3.63, 3.8) is 0 Å². The van der Waals surface area contributed by atoms with Crippen LogP contribution in [-0.2, 0) is 0 Å². The van der Waals surface area contributed by atoms with E-state index in [9.17, 15) is 0 Å². The van der Waals surface area contributed by atoms with Gasteiger partial charge in [-0.1, -0.05) is 48.0 Å². The largest absolute Gasteiger partial charge is 0.282 e. The fourth-order valence-corrected chi connectivity index (χ4v) is 3.14. The highest BCUT2D eigenvalue weighted by atomic mass is 15.2. The molecule has 0 unspecified atom stereocenters. The van der Waals surface area contributed by atoms with Crippen LogP contribution < -0.4 is 0 Å². The quantitative estimate of drug-likeness (QED) is 0.380. The summed E-state index contributed by atoms with van der Waals surface area (Å²) in [6.07, 6.45) is 1.99. The van der Waals surface area contributed by atoms with Crippen LogP contribution in [-0.4, -0.2) is 9.38 Å². The molecule has 0 N–H and O–H groups in total. The molecule has 2 aromatic carbocycles. The highest BCUT2D eigenvalue weighted by Crippen LogP contribution is 2.34. The molecule has 0 aliphatic heterocycles. The van der Waals surface area contributed by atoms with Gasteiger partial charge in [-0.05, 0) is 56.5 Å². The number of hydrogen-bond donors (Lipinski definition) is 0. The van der Waals surface area contributed by atoms with Crippen LogP contribution in [0.1, 0.15) is 22.3 Å². The van der Waals surface area contributed by atoms with E-state index in [0.717, 1.165) is 39.5 Å². The van der Waals surface area contributed by atoms with Crippen LogP contribution in [0.5, 0.6) is 0 Å². The first-order valence-corrected chi connectivity index (χ1v) is 9.07. The van der Waals surface area contributed by atoms with Gasteiger partial charge in [0.05, 0.1) is 5.69 Å². The molecule has 0 aliphatic carbocycles. The number of pyridine rings is 1. The third-order valence-electron chi connectivity index (χ3n) is 4.97. The molecule has 0 atom stereocenters. The number of nitrogens with zero attached hydrogens (tertiary/aromatic N) is 4. The number of benzene rings is 2. The van der Waals surface area contributed by atoms with Gasteiger partial charge >= 0.3 is 0 Å². The first kappa shape index (κ1) is 17.2. The minimum atomic E-state index is 0.749. The van der Waals surface area contributed by atoms with Gasteiger partial charge in [-0.3, -0.25) is 4.40 Å². The first-order chi connectivity index (χ1) is 13.0. The van der Waals surface area contributed by atoms with E-state index in [1.54, 1.807) is 0 Å². The Morgan fingerprint density at radius 1 is 0.778 bits per heavy atom. The topological polar surface area (TPSA) is 42.0 Å². The molecular weight excluding hydrogens is 332 g/mol. The van der Waals surface area contributed by atoms with Crippen molar-refractivity contribution in [2.24, 2.45) is 10.2 Å². The normalized spacial score (nSPS) is 11.6. The molecule has 0 bridgehead atoms. The summed E-state index contributed by atoms with van der Waals surface area (Å²) in [5.74, 6) is 0.749. The van der Waals surface area contributed by atoms with Crippen LogP contribution in [0, 0.1) is 27.7 Å². The molecule has 4 aromatic rings. The van der Waals surface area contributed by atoms with Crippen LogP contribution in [0.4, 0.5) is 11.5 Å². The van der Waals surface area contributed by atoms with E-state index < -0.39 is 0 Å². The maximum atomic E-state index is 4.87. The minimum Gasteiger partial charge on any atom is -0.282 e. The van der Waals surface area contributed by atoms with Crippen molar-refractivity contribution < 1.29 is 0 Å². The third-order valence-corrected chi connectivity index (χ3v) is 4.97. The highest BCUT2D eigenvalue weighted by Gasteiger charge is 2.15. The summed E-state index contributed by atoms with van der Waals surface area (Å²) in [6.45, 7) is 8.30. The standard InChI is InChI=1S/C23H22N4/c1-15-10-12-19(13-11-15)21-23(27-14-6-8-17(3)22(27)24-21)26-25-20-9-5-7-16(2)18(20)4/h5-14H,1-4H3. The Kier molecular flexibility index (Phi) is 4.32. The number of imidazole rings is 1. The van der Waals surface area contributed by atoms with Crippen LogP contribution in [0.25, 0.3) is 16.9 Å². The number of hydrogen-bond acceptors (Lipinski definition) is 3. The summed E-state index contributed by atoms with van der Waals surface area (Å²) in [4.78, 5) is 4.87. The monoisotopic (exact) mass is 354 g/mol. The van der Waals surface area contributed by atoms with Gasteiger partial charge in [0.2, 0.25) is 0 Å². The number of fused-ring (bicyclic) bond motifs is 1.